The van der Waals surface area contributed by atoms with Crippen LogP contribution in [0.3, 0.4) is 0 Å². The van der Waals surface area contributed by atoms with Crippen LogP contribution in [0.25, 0.3) is 0 Å². The van der Waals surface area contributed by atoms with Gasteiger partial charge < -0.3 is 9.84 Å². The summed E-state index contributed by atoms with van der Waals surface area (Å²) < 4.78 is 17.8. The number of carboxylic acid groups (broad SMARTS) is 1. The van der Waals surface area contributed by atoms with Crippen LogP contribution in [-0.2, 0) is 4.74 Å². The third kappa shape index (κ3) is 4.00. The number of carboxylic acids is 1. The van der Waals surface area contributed by atoms with Gasteiger partial charge in [0.05, 0.1) is 5.69 Å². The minimum absolute atomic E-state index is 0.204. The fraction of sp³-hybridized carbons (Fsp3) is 0.364. The Balaban J connectivity index is 2.93. The van der Waals surface area contributed by atoms with Crippen molar-refractivity contribution in [3.8, 4) is 0 Å². The second-order valence-corrected chi connectivity index (χ2v) is 4.48. The summed E-state index contributed by atoms with van der Waals surface area (Å²) >= 11 is 0. The van der Waals surface area contributed by atoms with Crippen LogP contribution in [0.5, 0.6) is 0 Å². The Morgan fingerprint density at radius 2 is 2.06 bits per heavy atom. The molecular formula is C11H13FN2O4. The number of aromatic nitrogens is 1. The SMILES string of the molecule is CC(C)(C)OC(=O)Nc1cc(F)ncc1C(=O)O. The van der Waals surface area contributed by atoms with Gasteiger partial charge in [0, 0.05) is 12.3 Å². The molecule has 0 fully saturated rings. The largest absolute Gasteiger partial charge is 0.478 e. The molecule has 1 rings (SSSR count). The summed E-state index contributed by atoms with van der Waals surface area (Å²) in [7, 11) is 0. The van der Waals surface area contributed by atoms with Gasteiger partial charge in [-0.1, -0.05) is 0 Å². The highest BCUT2D eigenvalue weighted by Crippen LogP contribution is 2.17. The maximum atomic E-state index is 12.9. The Labute approximate surface area is 103 Å². The van der Waals surface area contributed by atoms with Crippen molar-refractivity contribution in [3.05, 3.63) is 23.8 Å². The Hall–Kier alpha value is -2.18. The van der Waals surface area contributed by atoms with Gasteiger partial charge in [0.1, 0.15) is 11.2 Å². The van der Waals surface area contributed by atoms with E-state index >= 15 is 0 Å². The summed E-state index contributed by atoms with van der Waals surface area (Å²) in [6.45, 7) is 4.95. The number of carbonyl (C=O) groups is 2. The van der Waals surface area contributed by atoms with E-state index < -0.39 is 23.6 Å². The molecule has 1 aromatic rings. The zero-order valence-corrected chi connectivity index (χ0v) is 10.2. The van der Waals surface area contributed by atoms with Crippen molar-refractivity contribution in [1.29, 1.82) is 0 Å². The van der Waals surface area contributed by atoms with Crippen LogP contribution in [0, 0.1) is 5.95 Å². The van der Waals surface area contributed by atoms with Gasteiger partial charge in [0.2, 0.25) is 5.95 Å². The van der Waals surface area contributed by atoms with Crippen molar-refractivity contribution in [2.24, 2.45) is 0 Å². The average molecular weight is 256 g/mol. The van der Waals surface area contributed by atoms with Crippen molar-refractivity contribution >= 4 is 17.7 Å². The number of aromatic carboxylic acids is 1. The topological polar surface area (TPSA) is 88.5 Å². The van der Waals surface area contributed by atoms with Crippen molar-refractivity contribution in [1.82, 2.24) is 4.98 Å². The molecule has 0 atom stereocenters. The lowest BCUT2D eigenvalue weighted by atomic mass is 10.2. The predicted molar refractivity (Wildman–Crippen MR) is 61.0 cm³/mol. The van der Waals surface area contributed by atoms with Gasteiger partial charge in [-0.2, -0.15) is 4.39 Å². The zero-order chi connectivity index (χ0) is 13.9. The maximum absolute atomic E-state index is 12.9. The van der Waals surface area contributed by atoms with Gasteiger partial charge in [-0.15, -0.1) is 0 Å². The molecule has 1 heterocycles. The summed E-state index contributed by atoms with van der Waals surface area (Å²) in [5, 5.41) is 11.0. The van der Waals surface area contributed by atoms with E-state index in [2.05, 4.69) is 10.3 Å². The van der Waals surface area contributed by atoms with Gasteiger partial charge in [0.25, 0.3) is 0 Å². The van der Waals surface area contributed by atoms with Crippen LogP contribution in [0.2, 0.25) is 0 Å². The lowest BCUT2D eigenvalue weighted by Gasteiger charge is -2.20. The fourth-order valence-electron chi connectivity index (χ4n) is 1.12. The first-order chi connectivity index (χ1) is 8.19. The molecule has 1 aromatic heterocycles. The van der Waals surface area contributed by atoms with Crippen LogP contribution < -0.4 is 5.32 Å². The number of nitrogens with one attached hydrogen (secondary N) is 1. The van der Waals surface area contributed by atoms with E-state index in [4.69, 9.17) is 9.84 Å². The number of hydrogen-bond acceptors (Lipinski definition) is 4. The number of halogens is 1. The molecule has 0 unspecified atom stereocenters. The van der Waals surface area contributed by atoms with Crippen molar-refractivity contribution < 1.29 is 23.8 Å². The number of amides is 1. The molecule has 0 aliphatic heterocycles. The van der Waals surface area contributed by atoms with Crippen LogP contribution in [0.4, 0.5) is 14.9 Å². The molecule has 0 saturated carbocycles. The molecule has 0 saturated heterocycles. The number of ether oxygens (including phenoxy) is 1. The normalized spacial score (nSPS) is 10.9. The van der Waals surface area contributed by atoms with Crippen molar-refractivity contribution in [2.45, 2.75) is 26.4 Å². The van der Waals surface area contributed by atoms with Crippen LogP contribution in [0.15, 0.2) is 12.3 Å². The van der Waals surface area contributed by atoms with E-state index in [0.29, 0.717) is 0 Å². The Morgan fingerprint density at radius 3 is 2.56 bits per heavy atom. The van der Waals surface area contributed by atoms with E-state index in [1.807, 2.05) is 0 Å². The molecule has 0 radical (unpaired) electrons. The third-order valence-corrected chi connectivity index (χ3v) is 1.74. The maximum Gasteiger partial charge on any atom is 0.412 e. The first-order valence-corrected chi connectivity index (χ1v) is 5.08. The van der Waals surface area contributed by atoms with Gasteiger partial charge in [-0.05, 0) is 20.8 Å². The molecule has 7 heteroatoms. The van der Waals surface area contributed by atoms with Crippen molar-refractivity contribution in [2.75, 3.05) is 5.32 Å². The molecule has 0 aliphatic carbocycles. The summed E-state index contributed by atoms with van der Waals surface area (Å²) in [5.41, 5.74) is -1.26. The van der Waals surface area contributed by atoms with Gasteiger partial charge in [-0.25, -0.2) is 14.6 Å². The molecule has 1 amide bonds. The van der Waals surface area contributed by atoms with Gasteiger partial charge >= 0.3 is 12.1 Å². The van der Waals surface area contributed by atoms with Crippen LogP contribution >= 0.6 is 0 Å². The molecule has 6 nitrogen and oxygen atoms in total. The molecule has 0 bridgehead atoms. The monoisotopic (exact) mass is 256 g/mol. The quantitative estimate of drug-likeness (QED) is 0.792. The second kappa shape index (κ2) is 4.99. The number of rotatable bonds is 2. The smallest absolute Gasteiger partial charge is 0.412 e. The Kier molecular flexibility index (Phi) is 3.85. The third-order valence-electron chi connectivity index (χ3n) is 1.74. The minimum Gasteiger partial charge on any atom is -0.478 e. The van der Waals surface area contributed by atoms with E-state index in [1.165, 1.54) is 0 Å². The zero-order valence-electron chi connectivity index (χ0n) is 10.2. The fourth-order valence-corrected chi connectivity index (χ4v) is 1.12. The van der Waals surface area contributed by atoms with E-state index in [1.54, 1.807) is 20.8 Å². The summed E-state index contributed by atoms with van der Waals surface area (Å²) in [5.74, 6) is -2.22. The number of pyridine rings is 1. The molecular weight excluding hydrogens is 243 g/mol. The van der Waals surface area contributed by atoms with Crippen LogP contribution in [-0.4, -0.2) is 27.8 Å². The van der Waals surface area contributed by atoms with Gasteiger partial charge in [0.15, 0.2) is 0 Å². The highest BCUT2D eigenvalue weighted by atomic mass is 19.1. The molecule has 2 N–H and O–H groups in total. The first kappa shape index (κ1) is 13.9. The highest BCUT2D eigenvalue weighted by Gasteiger charge is 2.19. The number of hydrogen-bond donors (Lipinski definition) is 2. The Bertz CT molecular complexity index is 482. The Morgan fingerprint density at radius 1 is 1.44 bits per heavy atom. The molecule has 18 heavy (non-hydrogen) atoms. The molecule has 0 spiro atoms. The first-order valence-electron chi connectivity index (χ1n) is 5.08. The summed E-state index contributed by atoms with van der Waals surface area (Å²) in [6, 6.07) is 0.813. The minimum atomic E-state index is -1.33. The lowest BCUT2D eigenvalue weighted by molar-refractivity contribution is 0.0636. The van der Waals surface area contributed by atoms with E-state index in [-0.39, 0.29) is 11.3 Å². The van der Waals surface area contributed by atoms with Gasteiger partial charge in [-0.3, -0.25) is 5.32 Å². The number of anilines is 1. The molecule has 98 valence electrons. The highest BCUT2D eigenvalue weighted by molar-refractivity contribution is 5.98. The van der Waals surface area contributed by atoms with E-state index in [0.717, 1.165) is 12.3 Å². The summed E-state index contributed by atoms with van der Waals surface area (Å²) in [4.78, 5) is 25.5. The number of carbonyl (C=O) groups excluding carboxylic acids is 1. The van der Waals surface area contributed by atoms with E-state index in [9.17, 15) is 14.0 Å². The van der Waals surface area contributed by atoms with Crippen LogP contribution in [0.1, 0.15) is 31.1 Å². The molecule has 0 aliphatic rings. The predicted octanol–water partition coefficient (Wildman–Crippen LogP) is 2.27. The number of nitrogens with zero attached hydrogens (tertiary/aromatic N) is 1. The second-order valence-electron chi connectivity index (χ2n) is 4.48. The lowest BCUT2D eigenvalue weighted by Crippen LogP contribution is -2.27. The van der Waals surface area contributed by atoms with Crippen molar-refractivity contribution in [3.63, 3.8) is 0 Å². The standard InChI is InChI=1S/C11H13FN2O4/c1-11(2,3)18-10(17)14-7-4-8(12)13-5-6(7)9(15)16/h4-5H,1-3H3,(H,15,16)(H,13,14,17). The summed E-state index contributed by atoms with van der Waals surface area (Å²) in [6.07, 6.45) is -0.0414. The molecule has 0 aromatic carbocycles. The average Bonchev–Trinajstić information content (AvgIpc) is 2.13.